The molecule has 0 aliphatic carbocycles. The van der Waals surface area contributed by atoms with Crippen LogP contribution < -0.4 is 11.1 Å². The number of hydrogen-bond acceptors (Lipinski definition) is 3. The van der Waals surface area contributed by atoms with E-state index in [4.69, 9.17) is 5.73 Å². The summed E-state index contributed by atoms with van der Waals surface area (Å²) in [6.45, 7) is 1.11. The molecule has 3 N–H and O–H groups in total. The van der Waals surface area contributed by atoms with Gasteiger partial charge in [0.1, 0.15) is 0 Å². The highest BCUT2D eigenvalue weighted by molar-refractivity contribution is 7.98. The van der Waals surface area contributed by atoms with Crippen molar-refractivity contribution >= 4 is 11.8 Å². The summed E-state index contributed by atoms with van der Waals surface area (Å²) in [6, 6.07) is 1.000. The monoisotopic (exact) mass is 160 g/mol. The predicted octanol–water partition coefficient (Wildman–Crippen LogP) is 0.429. The molecule has 1 rings (SSSR count). The minimum absolute atomic E-state index is 0.409. The number of rotatable bonds is 3. The van der Waals surface area contributed by atoms with Gasteiger partial charge in [-0.1, -0.05) is 0 Å². The maximum absolute atomic E-state index is 5.85. The Morgan fingerprint density at radius 2 is 2.50 bits per heavy atom. The van der Waals surface area contributed by atoms with Crippen LogP contribution in [0.15, 0.2) is 0 Å². The van der Waals surface area contributed by atoms with E-state index >= 15 is 0 Å². The fraction of sp³-hybridized carbons (Fsp3) is 1.00. The lowest BCUT2D eigenvalue weighted by atomic mass is 10.1. The van der Waals surface area contributed by atoms with Gasteiger partial charge in [-0.3, -0.25) is 0 Å². The van der Waals surface area contributed by atoms with Gasteiger partial charge in [0, 0.05) is 12.1 Å². The Balaban J connectivity index is 2.14. The average molecular weight is 160 g/mol. The van der Waals surface area contributed by atoms with Crippen molar-refractivity contribution in [2.45, 2.75) is 24.9 Å². The first-order valence-corrected chi connectivity index (χ1v) is 5.22. The third-order valence-corrected chi connectivity index (χ3v) is 2.68. The molecule has 1 saturated heterocycles. The van der Waals surface area contributed by atoms with Crippen molar-refractivity contribution in [3.63, 3.8) is 0 Å². The Bertz CT molecular complexity index is 97.6. The second-order valence-corrected chi connectivity index (χ2v) is 3.78. The Kier molecular flexibility index (Phi) is 3.52. The molecule has 1 unspecified atom stereocenters. The van der Waals surface area contributed by atoms with Gasteiger partial charge in [0.25, 0.3) is 0 Å². The highest BCUT2D eigenvalue weighted by atomic mass is 32.2. The zero-order chi connectivity index (χ0) is 7.40. The summed E-state index contributed by atoms with van der Waals surface area (Å²) in [7, 11) is 0. The Morgan fingerprint density at radius 1 is 1.70 bits per heavy atom. The van der Waals surface area contributed by atoms with Gasteiger partial charge < -0.3 is 11.1 Å². The third kappa shape index (κ3) is 2.15. The van der Waals surface area contributed by atoms with E-state index < -0.39 is 0 Å². The van der Waals surface area contributed by atoms with Crippen LogP contribution in [0, 0.1) is 0 Å². The zero-order valence-corrected chi connectivity index (χ0v) is 7.29. The first kappa shape index (κ1) is 8.37. The first-order chi connectivity index (χ1) is 4.84. The molecular formula is C7H16N2S. The number of hydrogen-bond donors (Lipinski definition) is 2. The van der Waals surface area contributed by atoms with E-state index in [1.54, 1.807) is 0 Å². The van der Waals surface area contributed by atoms with Gasteiger partial charge in [0.15, 0.2) is 0 Å². The van der Waals surface area contributed by atoms with Gasteiger partial charge in [-0.2, -0.15) is 11.8 Å². The number of nitrogens with one attached hydrogen (secondary N) is 1. The molecule has 0 spiro atoms. The minimum atomic E-state index is 0.409. The van der Waals surface area contributed by atoms with Crippen LogP contribution in [0.3, 0.4) is 0 Å². The van der Waals surface area contributed by atoms with E-state index in [9.17, 15) is 0 Å². The normalized spacial score (nSPS) is 33.0. The summed E-state index contributed by atoms with van der Waals surface area (Å²) in [5.74, 6) is 1.23. The fourth-order valence-electron chi connectivity index (χ4n) is 1.35. The highest BCUT2D eigenvalue weighted by Crippen LogP contribution is 2.10. The first-order valence-electron chi connectivity index (χ1n) is 3.82. The Hall–Kier alpha value is 0.270. The molecular weight excluding hydrogens is 144 g/mol. The Labute approximate surface area is 66.9 Å². The third-order valence-electron chi connectivity index (χ3n) is 2.03. The van der Waals surface area contributed by atoms with Gasteiger partial charge in [0.2, 0.25) is 0 Å². The highest BCUT2D eigenvalue weighted by Gasteiger charge is 2.21. The van der Waals surface area contributed by atoms with Crippen molar-refractivity contribution in [3.8, 4) is 0 Å². The van der Waals surface area contributed by atoms with E-state index in [0.717, 1.165) is 13.0 Å². The van der Waals surface area contributed by atoms with Gasteiger partial charge in [-0.25, -0.2) is 0 Å². The molecule has 0 radical (unpaired) electrons. The smallest absolute Gasteiger partial charge is 0.0227 e. The van der Waals surface area contributed by atoms with Crippen LogP contribution in [0.25, 0.3) is 0 Å². The fourth-order valence-corrected chi connectivity index (χ4v) is 1.84. The van der Waals surface area contributed by atoms with E-state index in [1.807, 2.05) is 11.8 Å². The summed E-state index contributed by atoms with van der Waals surface area (Å²) >= 11 is 1.89. The maximum atomic E-state index is 5.85. The van der Waals surface area contributed by atoms with E-state index in [1.165, 1.54) is 12.2 Å². The van der Waals surface area contributed by atoms with Gasteiger partial charge in [-0.05, 0) is 31.4 Å². The van der Waals surface area contributed by atoms with Crippen LogP contribution in [0.1, 0.15) is 12.8 Å². The molecule has 1 heterocycles. The van der Waals surface area contributed by atoms with Crippen LogP contribution in [-0.4, -0.2) is 30.6 Å². The van der Waals surface area contributed by atoms with Gasteiger partial charge >= 0.3 is 0 Å². The molecule has 10 heavy (non-hydrogen) atoms. The molecule has 0 aromatic carbocycles. The molecule has 1 aliphatic heterocycles. The molecule has 0 saturated carbocycles. The van der Waals surface area contributed by atoms with Crippen LogP contribution >= 0.6 is 11.8 Å². The lowest BCUT2D eigenvalue weighted by Crippen LogP contribution is -2.36. The molecule has 60 valence electrons. The standard InChI is InChI=1S/C7H16N2S/c1-10-5-3-7-6(8)2-4-9-7/h6-7,9H,2-5,8H2,1H3/t6?,7-/m0/s1. The lowest BCUT2D eigenvalue weighted by Gasteiger charge is -2.13. The van der Waals surface area contributed by atoms with Gasteiger partial charge in [0.05, 0.1) is 0 Å². The molecule has 0 amide bonds. The zero-order valence-electron chi connectivity index (χ0n) is 6.47. The molecule has 0 aromatic rings. The summed E-state index contributed by atoms with van der Waals surface area (Å²) in [5, 5.41) is 3.40. The minimum Gasteiger partial charge on any atom is -0.326 e. The summed E-state index contributed by atoms with van der Waals surface area (Å²) in [6.07, 6.45) is 4.52. The van der Waals surface area contributed by atoms with Crippen molar-refractivity contribution in [2.75, 3.05) is 18.6 Å². The molecule has 2 nitrogen and oxygen atoms in total. The topological polar surface area (TPSA) is 38.0 Å². The SMILES string of the molecule is CSCC[C@@H]1NCCC1N. The van der Waals surface area contributed by atoms with Gasteiger partial charge in [-0.15, -0.1) is 0 Å². The molecule has 1 fully saturated rings. The molecule has 0 bridgehead atoms. The second-order valence-electron chi connectivity index (χ2n) is 2.79. The molecule has 0 aromatic heterocycles. The predicted molar refractivity (Wildman–Crippen MR) is 47.4 cm³/mol. The Morgan fingerprint density at radius 3 is 3.00 bits per heavy atom. The van der Waals surface area contributed by atoms with Crippen LogP contribution in [0.2, 0.25) is 0 Å². The molecule has 3 heteroatoms. The van der Waals surface area contributed by atoms with Crippen LogP contribution in [-0.2, 0) is 0 Å². The maximum Gasteiger partial charge on any atom is 0.0227 e. The number of nitrogens with two attached hydrogens (primary N) is 1. The van der Waals surface area contributed by atoms with E-state index in [2.05, 4.69) is 11.6 Å². The lowest BCUT2D eigenvalue weighted by molar-refractivity contribution is 0.531. The number of thioether (sulfide) groups is 1. The van der Waals surface area contributed by atoms with Crippen molar-refractivity contribution in [1.29, 1.82) is 0 Å². The van der Waals surface area contributed by atoms with E-state index in [0.29, 0.717) is 12.1 Å². The van der Waals surface area contributed by atoms with Crippen LogP contribution in [0.5, 0.6) is 0 Å². The quantitative estimate of drug-likeness (QED) is 0.629. The summed E-state index contributed by atoms with van der Waals surface area (Å²) in [5.41, 5.74) is 5.85. The van der Waals surface area contributed by atoms with E-state index in [-0.39, 0.29) is 0 Å². The summed E-state index contributed by atoms with van der Waals surface area (Å²) < 4.78 is 0. The van der Waals surface area contributed by atoms with Crippen molar-refractivity contribution in [1.82, 2.24) is 5.32 Å². The second kappa shape index (κ2) is 4.21. The summed E-state index contributed by atoms with van der Waals surface area (Å²) in [4.78, 5) is 0. The van der Waals surface area contributed by atoms with Crippen LogP contribution in [0.4, 0.5) is 0 Å². The molecule has 2 atom stereocenters. The largest absolute Gasteiger partial charge is 0.326 e. The van der Waals surface area contributed by atoms with Crippen molar-refractivity contribution in [2.24, 2.45) is 5.73 Å². The molecule has 1 aliphatic rings. The average Bonchev–Trinajstić information content (AvgIpc) is 2.31. The van der Waals surface area contributed by atoms with Crippen molar-refractivity contribution in [3.05, 3.63) is 0 Å². The van der Waals surface area contributed by atoms with Crippen molar-refractivity contribution < 1.29 is 0 Å².